The molecule has 4 nitrogen and oxygen atoms in total. The Kier molecular flexibility index (Phi) is 4.70. The number of nitrogens with one attached hydrogen (secondary N) is 2. The topological polar surface area (TPSA) is 58.2 Å². The Morgan fingerprint density at radius 1 is 1.20 bits per heavy atom. The number of aryl methyl sites for hydroxylation is 1. The van der Waals surface area contributed by atoms with Crippen molar-refractivity contribution in [2.45, 2.75) is 50.5 Å². The Balaban J connectivity index is 2.23. The maximum atomic E-state index is 12.0. The molecule has 0 radical (unpaired) electrons. The van der Waals surface area contributed by atoms with Crippen LogP contribution in [0, 0.1) is 12.8 Å². The summed E-state index contributed by atoms with van der Waals surface area (Å²) < 4.78 is 26.4. The van der Waals surface area contributed by atoms with Gasteiger partial charge in [0.2, 0.25) is 10.0 Å². The molecule has 1 aromatic carbocycles. The molecule has 0 bridgehead atoms. The first kappa shape index (κ1) is 15.3. The van der Waals surface area contributed by atoms with Crippen LogP contribution in [0.5, 0.6) is 0 Å². The van der Waals surface area contributed by atoms with Crippen LogP contribution in [0.15, 0.2) is 23.1 Å². The minimum atomic E-state index is -3.40. The lowest BCUT2D eigenvalue weighted by atomic mass is 9.86. The lowest BCUT2D eigenvalue weighted by molar-refractivity contribution is 0.349. The van der Waals surface area contributed by atoms with E-state index in [0.717, 1.165) is 17.7 Å². The maximum absolute atomic E-state index is 12.0. The van der Waals surface area contributed by atoms with Crippen molar-refractivity contribution >= 4 is 15.7 Å². The molecule has 20 heavy (non-hydrogen) atoms. The highest BCUT2D eigenvalue weighted by atomic mass is 32.2. The van der Waals surface area contributed by atoms with Gasteiger partial charge in [-0.05, 0) is 50.4 Å². The van der Waals surface area contributed by atoms with Gasteiger partial charge in [-0.25, -0.2) is 13.1 Å². The fourth-order valence-corrected chi connectivity index (χ4v) is 3.83. The van der Waals surface area contributed by atoms with Gasteiger partial charge in [-0.2, -0.15) is 0 Å². The molecule has 0 aromatic heterocycles. The number of hydrogen-bond acceptors (Lipinski definition) is 3. The summed E-state index contributed by atoms with van der Waals surface area (Å²) in [5.41, 5.74) is 1.66. The van der Waals surface area contributed by atoms with Crippen molar-refractivity contribution in [2.75, 3.05) is 12.4 Å². The second-order valence-electron chi connectivity index (χ2n) is 5.70. The zero-order valence-electron chi connectivity index (χ0n) is 12.4. The van der Waals surface area contributed by atoms with Gasteiger partial charge >= 0.3 is 0 Å². The summed E-state index contributed by atoms with van der Waals surface area (Å²) in [6.45, 7) is 4.08. The van der Waals surface area contributed by atoms with Crippen molar-refractivity contribution in [2.24, 2.45) is 5.92 Å². The number of anilines is 1. The Hall–Kier alpha value is -1.07. The molecule has 1 aliphatic carbocycles. The highest BCUT2D eigenvalue weighted by Crippen LogP contribution is 2.28. The van der Waals surface area contributed by atoms with Gasteiger partial charge < -0.3 is 5.32 Å². The molecule has 0 heterocycles. The van der Waals surface area contributed by atoms with Crippen molar-refractivity contribution in [1.82, 2.24) is 4.72 Å². The van der Waals surface area contributed by atoms with Gasteiger partial charge in [-0.3, -0.25) is 0 Å². The summed E-state index contributed by atoms with van der Waals surface area (Å²) in [4.78, 5) is 0.355. The molecule has 2 N–H and O–H groups in total. The van der Waals surface area contributed by atoms with E-state index in [2.05, 4.69) is 17.0 Å². The van der Waals surface area contributed by atoms with E-state index in [1.54, 1.807) is 6.07 Å². The smallest absolute Gasteiger partial charge is 0.240 e. The Morgan fingerprint density at radius 3 is 2.55 bits per heavy atom. The summed E-state index contributed by atoms with van der Waals surface area (Å²) in [6.07, 6.45) is 4.94. The summed E-state index contributed by atoms with van der Waals surface area (Å²) in [7, 11) is -1.95. The van der Waals surface area contributed by atoms with E-state index in [9.17, 15) is 8.42 Å². The van der Waals surface area contributed by atoms with E-state index >= 15 is 0 Å². The minimum Gasteiger partial charge on any atom is -0.382 e. The molecule has 1 aromatic rings. The maximum Gasteiger partial charge on any atom is 0.240 e. The minimum absolute atomic E-state index is 0.355. The zero-order chi connectivity index (χ0) is 14.8. The molecule has 1 saturated carbocycles. The first-order valence-corrected chi connectivity index (χ1v) is 8.73. The van der Waals surface area contributed by atoms with Crippen molar-refractivity contribution in [3.8, 4) is 0 Å². The predicted molar refractivity (Wildman–Crippen MR) is 82.5 cm³/mol. The van der Waals surface area contributed by atoms with Crippen molar-refractivity contribution in [1.29, 1.82) is 0 Å². The monoisotopic (exact) mass is 296 g/mol. The third-order valence-electron chi connectivity index (χ3n) is 4.21. The van der Waals surface area contributed by atoms with Crippen LogP contribution in [-0.2, 0) is 10.0 Å². The first-order valence-electron chi connectivity index (χ1n) is 7.25. The van der Waals surface area contributed by atoms with Crippen LogP contribution in [0.2, 0.25) is 0 Å². The van der Waals surface area contributed by atoms with E-state index in [1.165, 1.54) is 26.3 Å². The van der Waals surface area contributed by atoms with E-state index < -0.39 is 10.0 Å². The molecule has 5 heteroatoms. The highest BCUT2D eigenvalue weighted by molar-refractivity contribution is 7.89. The average Bonchev–Trinajstić information content (AvgIpc) is 2.43. The van der Waals surface area contributed by atoms with E-state index in [-0.39, 0.29) is 0 Å². The van der Waals surface area contributed by atoms with Crippen LogP contribution < -0.4 is 10.0 Å². The lowest BCUT2D eigenvalue weighted by Gasteiger charge is -2.30. The van der Waals surface area contributed by atoms with Crippen LogP contribution in [0.3, 0.4) is 0 Å². The number of rotatable bonds is 4. The van der Waals surface area contributed by atoms with Crippen LogP contribution in [0.1, 0.15) is 38.2 Å². The van der Waals surface area contributed by atoms with E-state index in [4.69, 9.17) is 0 Å². The third-order valence-corrected chi connectivity index (χ3v) is 5.77. The largest absolute Gasteiger partial charge is 0.382 e. The molecular weight excluding hydrogens is 272 g/mol. The molecule has 2 rings (SSSR count). The van der Waals surface area contributed by atoms with Crippen molar-refractivity contribution in [3.63, 3.8) is 0 Å². The third kappa shape index (κ3) is 3.33. The predicted octanol–water partition coefficient (Wildman–Crippen LogP) is 2.89. The van der Waals surface area contributed by atoms with Gasteiger partial charge in [-0.1, -0.05) is 25.8 Å². The molecule has 0 aliphatic heterocycles. The molecule has 1 aliphatic rings. The normalized spacial score (nSPS) is 23.6. The van der Waals surface area contributed by atoms with Crippen LogP contribution in [-0.4, -0.2) is 21.5 Å². The molecule has 0 spiro atoms. The highest BCUT2D eigenvalue weighted by Gasteiger charge is 2.22. The summed E-state index contributed by atoms with van der Waals surface area (Å²) in [5, 5.41) is 3.50. The zero-order valence-corrected chi connectivity index (χ0v) is 13.3. The molecule has 1 fully saturated rings. The molecule has 2 unspecified atom stereocenters. The summed E-state index contributed by atoms with van der Waals surface area (Å²) >= 11 is 0. The summed E-state index contributed by atoms with van der Waals surface area (Å²) in [5.74, 6) is 0.634. The Bertz CT molecular complexity index is 569. The molecule has 0 amide bonds. The van der Waals surface area contributed by atoms with Crippen molar-refractivity contribution < 1.29 is 8.42 Å². The molecule has 2 atom stereocenters. The Labute approximate surface area is 122 Å². The fraction of sp³-hybridized carbons (Fsp3) is 0.600. The van der Waals surface area contributed by atoms with Gasteiger partial charge in [0.15, 0.2) is 0 Å². The molecular formula is C15H24N2O2S. The van der Waals surface area contributed by atoms with E-state index in [0.29, 0.717) is 16.9 Å². The van der Waals surface area contributed by atoms with Gasteiger partial charge in [-0.15, -0.1) is 0 Å². The van der Waals surface area contributed by atoms with Gasteiger partial charge in [0, 0.05) is 11.7 Å². The second-order valence-corrected chi connectivity index (χ2v) is 7.56. The molecule has 112 valence electrons. The lowest BCUT2D eigenvalue weighted by Crippen LogP contribution is -2.30. The van der Waals surface area contributed by atoms with Crippen LogP contribution >= 0.6 is 0 Å². The number of hydrogen-bond donors (Lipinski definition) is 2. The number of sulfonamides is 1. The summed E-state index contributed by atoms with van der Waals surface area (Å²) in [6, 6.07) is 6.00. The van der Waals surface area contributed by atoms with Crippen LogP contribution in [0.4, 0.5) is 5.69 Å². The average molecular weight is 296 g/mol. The van der Waals surface area contributed by atoms with Crippen LogP contribution in [0.25, 0.3) is 0 Å². The van der Waals surface area contributed by atoms with Crippen molar-refractivity contribution in [3.05, 3.63) is 23.8 Å². The van der Waals surface area contributed by atoms with E-state index in [1.807, 2.05) is 19.1 Å². The quantitative estimate of drug-likeness (QED) is 0.898. The second kappa shape index (κ2) is 6.14. The standard InChI is InChI=1S/C15H24N2O2S/c1-11-6-4-5-7-14(11)17-13-9-8-12(2)15(10-13)20(18,19)16-3/h8-11,14,16-17H,4-7H2,1-3H3. The van der Waals surface area contributed by atoms with Gasteiger partial charge in [0.05, 0.1) is 4.90 Å². The van der Waals surface area contributed by atoms with Gasteiger partial charge in [0.25, 0.3) is 0 Å². The molecule has 0 saturated heterocycles. The first-order chi connectivity index (χ1) is 9.44. The SMILES string of the molecule is CNS(=O)(=O)c1cc(NC2CCCCC2C)ccc1C. The number of benzene rings is 1. The fourth-order valence-electron chi connectivity index (χ4n) is 2.83. The van der Waals surface area contributed by atoms with Gasteiger partial charge in [0.1, 0.15) is 0 Å². The Morgan fingerprint density at radius 2 is 1.90 bits per heavy atom.